The van der Waals surface area contributed by atoms with Gasteiger partial charge in [0.1, 0.15) is 6.04 Å². The molecule has 0 amide bonds. The molecule has 0 saturated carbocycles. The van der Waals surface area contributed by atoms with Crippen molar-refractivity contribution < 1.29 is 4.74 Å². The van der Waals surface area contributed by atoms with Crippen molar-refractivity contribution >= 4 is 0 Å². The van der Waals surface area contributed by atoms with Gasteiger partial charge in [0.25, 0.3) is 0 Å². The normalized spacial score (nSPS) is 12.1. The summed E-state index contributed by atoms with van der Waals surface area (Å²) >= 11 is 0. The molecule has 0 aliphatic carbocycles. The molecule has 0 heterocycles. The number of benzene rings is 1. The van der Waals surface area contributed by atoms with Gasteiger partial charge in [0.05, 0.1) is 12.7 Å². The van der Waals surface area contributed by atoms with Crippen LogP contribution in [0.5, 0.6) is 0 Å². The third-order valence-corrected chi connectivity index (χ3v) is 1.76. The molecule has 0 aliphatic rings. The summed E-state index contributed by atoms with van der Waals surface area (Å²) in [7, 11) is 1.64. The van der Waals surface area contributed by atoms with Gasteiger partial charge in [-0.3, -0.25) is 0 Å². The summed E-state index contributed by atoms with van der Waals surface area (Å²) in [5, 5.41) is 8.60. The molecular weight excluding hydrogens is 164 g/mol. The van der Waals surface area contributed by atoms with Gasteiger partial charge in [0.15, 0.2) is 0 Å². The van der Waals surface area contributed by atoms with Gasteiger partial charge in [-0.25, -0.2) is 0 Å². The molecule has 1 aromatic carbocycles. The first kappa shape index (κ1) is 9.72. The molecular formula is C10H12N2O. The molecule has 13 heavy (non-hydrogen) atoms. The number of rotatable bonds is 3. The molecule has 1 rings (SSSR count). The first-order valence-electron chi connectivity index (χ1n) is 4.01. The Hall–Kier alpha value is -1.37. The van der Waals surface area contributed by atoms with Gasteiger partial charge in [0.2, 0.25) is 0 Å². The number of nitrogens with two attached hydrogens (primary N) is 1. The van der Waals surface area contributed by atoms with Crippen LogP contribution >= 0.6 is 0 Å². The summed E-state index contributed by atoms with van der Waals surface area (Å²) in [6.45, 7) is 0.548. The molecule has 3 heteroatoms. The predicted molar refractivity (Wildman–Crippen MR) is 49.7 cm³/mol. The van der Waals surface area contributed by atoms with Crippen molar-refractivity contribution in [3.8, 4) is 6.07 Å². The molecule has 1 atom stereocenters. The van der Waals surface area contributed by atoms with Gasteiger partial charge in [-0.2, -0.15) is 5.26 Å². The second kappa shape index (κ2) is 4.61. The summed E-state index contributed by atoms with van der Waals surface area (Å²) in [5.41, 5.74) is 7.42. The van der Waals surface area contributed by atoms with Crippen LogP contribution in [0, 0.1) is 11.3 Å². The minimum Gasteiger partial charge on any atom is -0.380 e. The van der Waals surface area contributed by atoms with Crippen LogP contribution in [-0.4, -0.2) is 7.11 Å². The SMILES string of the molecule is COCc1cccc(C(N)C#N)c1. The summed E-state index contributed by atoms with van der Waals surface area (Å²) < 4.78 is 4.97. The highest BCUT2D eigenvalue weighted by atomic mass is 16.5. The fraction of sp³-hybridized carbons (Fsp3) is 0.300. The third-order valence-electron chi connectivity index (χ3n) is 1.76. The predicted octanol–water partition coefficient (Wildman–Crippen LogP) is 1.36. The fourth-order valence-corrected chi connectivity index (χ4v) is 1.12. The Labute approximate surface area is 77.7 Å². The van der Waals surface area contributed by atoms with Crippen molar-refractivity contribution in [1.82, 2.24) is 0 Å². The van der Waals surface area contributed by atoms with Gasteiger partial charge in [-0.15, -0.1) is 0 Å². The Bertz CT molecular complexity index is 317. The third kappa shape index (κ3) is 2.55. The summed E-state index contributed by atoms with van der Waals surface area (Å²) in [4.78, 5) is 0. The van der Waals surface area contributed by atoms with Crippen molar-refractivity contribution in [1.29, 1.82) is 5.26 Å². The van der Waals surface area contributed by atoms with E-state index in [2.05, 4.69) is 0 Å². The van der Waals surface area contributed by atoms with Crippen LogP contribution in [0.25, 0.3) is 0 Å². The molecule has 2 N–H and O–H groups in total. The van der Waals surface area contributed by atoms with E-state index in [0.29, 0.717) is 6.61 Å². The van der Waals surface area contributed by atoms with E-state index in [1.165, 1.54) is 0 Å². The van der Waals surface area contributed by atoms with E-state index in [1.54, 1.807) is 7.11 Å². The molecule has 3 nitrogen and oxygen atoms in total. The van der Waals surface area contributed by atoms with Crippen molar-refractivity contribution in [3.63, 3.8) is 0 Å². The second-order valence-corrected chi connectivity index (χ2v) is 2.78. The topological polar surface area (TPSA) is 59.0 Å². The quantitative estimate of drug-likeness (QED) is 0.756. The van der Waals surface area contributed by atoms with E-state index in [9.17, 15) is 0 Å². The molecule has 0 saturated heterocycles. The molecule has 0 bridgehead atoms. The Kier molecular flexibility index (Phi) is 3.44. The molecule has 0 spiro atoms. The average Bonchev–Trinajstić information content (AvgIpc) is 2.18. The van der Waals surface area contributed by atoms with Crippen molar-refractivity contribution in [2.24, 2.45) is 5.73 Å². The lowest BCUT2D eigenvalue weighted by atomic mass is 10.1. The number of methoxy groups -OCH3 is 1. The second-order valence-electron chi connectivity index (χ2n) is 2.78. The number of hydrogen-bond donors (Lipinski definition) is 1. The van der Waals surface area contributed by atoms with E-state index in [1.807, 2.05) is 30.3 Å². The number of hydrogen-bond acceptors (Lipinski definition) is 3. The van der Waals surface area contributed by atoms with Gasteiger partial charge in [-0.05, 0) is 11.1 Å². The minimum atomic E-state index is -0.545. The van der Waals surface area contributed by atoms with Crippen LogP contribution in [-0.2, 0) is 11.3 Å². The zero-order chi connectivity index (χ0) is 9.68. The first-order chi connectivity index (χ1) is 6.27. The van der Waals surface area contributed by atoms with Crippen molar-refractivity contribution in [3.05, 3.63) is 35.4 Å². The standard InChI is InChI=1S/C10H12N2O/c1-13-7-8-3-2-4-9(5-8)10(12)6-11/h2-5,10H,7,12H2,1H3. The largest absolute Gasteiger partial charge is 0.380 e. The maximum atomic E-state index is 8.60. The van der Waals surface area contributed by atoms with Crippen LogP contribution in [0.4, 0.5) is 0 Å². The summed E-state index contributed by atoms with van der Waals surface area (Å²) in [5.74, 6) is 0. The van der Waals surface area contributed by atoms with Crippen molar-refractivity contribution in [2.45, 2.75) is 12.6 Å². The zero-order valence-corrected chi connectivity index (χ0v) is 7.53. The van der Waals surface area contributed by atoms with Gasteiger partial charge in [0, 0.05) is 7.11 Å². The lowest BCUT2D eigenvalue weighted by Gasteiger charge is -2.05. The fourth-order valence-electron chi connectivity index (χ4n) is 1.12. The van der Waals surface area contributed by atoms with Crippen LogP contribution in [0.15, 0.2) is 24.3 Å². The lowest BCUT2D eigenvalue weighted by Crippen LogP contribution is -2.07. The monoisotopic (exact) mass is 176 g/mol. The Morgan fingerprint density at radius 2 is 2.38 bits per heavy atom. The smallest absolute Gasteiger partial charge is 0.118 e. The molecule has 68 valence electrons. The Morgan fingerprint density at radius 1 is 1.62 bits per heavy atom. The summed E-state index contributed by atoms with van der Waals surface area (Å²) in [6, 6.07) is 8.99. The summed E-state index contributed by atoms with van der Waals surface area (Å²) in [6.07, 6.45) is 0. The van der Waals surface area contributed by atoms with Crippen LogP contribution in [0.1, 0.15) is 17.2 Å². The van der Waals surface area contributed by atoms with Crippen LogP contribution < -0.4 is 5.73 Å². The Balaban J connectivity index is 2.86. The molecule has 1 unspecified atom stereocenters. The first-order valence-corrected chi connectivity index (χ1v) is 4.01. The van der Waals surface area contributed by atoms with Gasteiger partial charge in [-0.1, -0.05) is 24.3 Å². The van der Waals surface area contributed by atoms with Gasteiger partial charge >= 0.3 is 0 Å². The highest BCUT2D eigenvalue weighted by Crippen LogP contribution is 2.12. The Morgan fingerprint density at radius 3 is 3.00 bits per heavy atom. The molecule has 1 aromatic rings. The minimum absolute atomic E-state index is 0.545. The average molecular weight is 176 g/mol. The van der Waals surface area contributed by atoms with Crippen LogP contribution in [0.3, 0.4) is 0 Å². The van der Waals surface area contributed by atoms with E-state index >= 15 is 0 Å². The zero-order valence-electron chi connectivity index (χ0n) is 7.53. The number of ether oxygens (including phenoxy) is 1. The number of nitriles is 1. The van der Waals surface area contributed by atoms with E-state index in [4.69, 9.17) is 15.7 Å². The molecule has 0 fully saturated rings. The van der Waals surface area contributed by atoms with Gasteiger partial charge < -0.3 is 10.5 Å². The highest BCUT2D eigenvalue weighted by Gasteiger charge is 2.03. The van der Waals surface area contributed by atoms with E-state index in [-0.39, 0.29) is 0 Å². The molecule has 0 aliphatic heterocycles. The van der Waals surface area contributed by atoms with E-state index < -0.39 is 6.04 Å². The van der Waals surface area contributed by atoms with E-state index in [0.717, 1.165) is 11.1 Å². The maximum absolute atomic E-state index is 8.60. The lowest BCUT2D eigenvalue weighted by molar-refractivity contribution is 0.185. The highest BCUT2D eigenvalue weighted by molar-refractivity contribution is 5.28. The molecule has 0 radical (unpaired) electrons. The van der Waals surface area contributed by atoms with Crippen LogP contribution in [0.2, 0.25) is 0 Å². The number of nitrogens with zero attached hydrogens (tertiary/aromatic N) is 1. The maximum Gasteiger partial charge on any atom is 0.118 e. The molecule has 0 aromatic heterocycles. The van der Waals surface area contributed by atoms with Crippen molar-refractivity contribution in [2.75, 3.05) is 7.11 Å².